The molecule has 8 rings (SSSR count). The van der Waals surface area contributed by atoms with Crippen molar-refractivity contribution < 1.29 is 0 Å². The molecule has 0 radical (unpaired) electrons. The molecule has 242 valence electrons. The van der Waals surface area contributed by atoms with Crippen LogP contribution in [0.3, 0.4) is 0 Å². The average molecular weight is 651 g/mol. The summed E-state index contributed by atoms with van der Waals surface area (Å²) < 4.78 is 0. The minimum atomic E-state index is 1.07. The molecule has 8 aromatic rings. The van der Waals surface area contributed by atoms with Gasteiger partial charge in [-0.25, -0.2) is 0 Å². The summed E-state index contributed by atoms with van der Waals surface area (Å²) in [5, 5.41) is 9.61. The molecule has 0 bridgehead atoms. The number of hydrogen-bond acceptors (Lipinski definition) is 0. The van der Waals surface area contributed by atoms with Crippen LogP contribution in [-0.4, -0.2) is 0 Å². The predicted octanol–water partition coefficient (Wildman–Crippen LogP) is 14.8. The van der Waals surface area contributed by atoms with Crippen molar-refractivity contribution >= 4 is 73.5 Å². The molecule has 0 unspecified atom stereocenters. The Morgan fingerprint density at radius 1 is 0.353 bits per heavy atom. The molecule has 0 aliphatic rings. The van der Waals surface area contributed by atoms with Crippen molar-refractivity contribution in [1.29, 1.82) is 0 Å². The van der Waals surface area contributed by atoms with E-state index in [0.29, 0.717) is 0 Å². The molecular formula is C51H38. The summed E-state index contributed by atoms with van der Waals surface area (Å²) in [6.07, 6.45) is 9.83. The second-order valence-corrected chi connectivity index (χ2v) is 13.0. The first-order chi connectivity index (χ1) is 25.0. The lowest BCUT2D eigenvalue weighted by molar-refractivity contribution is 1.40. The van der Waals surface area contributed by atoms with Gasteiger partial charge in [0.05, 0.1) is 0 Å². The number of fused-ring (bicyclic) bond motifs is 5. The first-order valence-electron chi connectivity index (χ1n) is 17.4. The Bertz CT molecular complexity index is 2780. The van der Waals surface area contributed by atoms with Crippen LogP contribution in [-0.2, 0) is 0 Å². The molecule has 0 atom stereocenters. The smallest absolute Gasteiger partial charge is 0.00201 e. The highest BCUT2D eigenvalue weighted by molar-refractivity contribution is 6.21. The van der Waals surface area contributed by atoms with E-state index in [1.165, 1.54) is 43.4 Å². The molecule has 51 heavy (non-hydrogen) atoms. The Morgan fingerprint density at radius 2 is 0.804 bits per heavy atom. The lowest BCUT2D eigenvalue weighted by Crippen LogP contribution is -1.98. The zero-order valence-corrected chi connectivity index (χ0v) is 29.0. The van der Waals surface area contributed by atoms with E-state index in [4.69, 9.17) is 0 Å². The third-order valence-corrected chi connectivity index (χ3v) is 10.6. The number of benzene rings is 8. The van der Waals surface area contributed by atoms with E-state index in [9.17, 15) is 0 Å². The predicted molar refractivity (Wildman–Crippen MR) is 228 cm³/mol. The van der Waals surface area contributed by atoms with Gasteiger partial charge in [0, 0.05) is 0 Å². The van der Waals surface area contributed by atoms with Crippen molar-refractivity contribution in [3.63, 3.8) is 0 Å². The lowest BCUT2D eigenvalue weighted by Gasteiger charge is -2.23. The second-order valence-electron chi connectivity index (χ2n) is 13.0. The summed E-state index contributed by atoms with van der Waals surface area (Å²) in [5.74, 6) is 0. The number of hydrogen-bond donors (Lipinski definition) is 0. The molecule has 8 aromatic carbocycles. The molecule has 0 aromatic heterocycles. The summed E-state index contributed by atoms with van der Waals surface area (Å²) in [4.78, 5) is 0. The summed E-state index contributed by atoms with van der Waals surface area (Å²) in [6, 6.07) is 44.0. The Morgan fingerprint density at radius 3 is 1.37 bits per heavy atom. The van der Waals surface area contributed by atoms with Crippen LogP contribution < -0.4 is 0 Å². The van der Waals surface area contributed by atoms with E-state index >= 15 is 0 Å². The van der Waals surface area contributed by atoms with Gasteiger partial charge in [-0.3, -0.25) is 0 Å². The maximum atomic E-state index is 4.42. The molecule has 0 nitrogen and oxygen atoms in total. The molecule has 0 N–H and O–H groups in total. The van der Waals surface area contributed by atoms with Crippen molar-refractivity contribution in [2.24, 2.45) is 0 Å². The fourth-order valence-electron chi connectivity index (χ4n) is 8.26. The highest BCUT2D eigenvalue weighted by Gasteiger charge is 2.23. The van der Waals surface area contributed by atoms with Crippen LogP contribution in [0.1, 0.15) is 33.4 Å². The van der Waals surface area contributed by atoms with Gasteiger partial charge in [0.15, 0.2) is 0 Å². The van der Waals surface area contributed by atoms with Crippen molar-refractivity contribution in [2.45, 2.75) is 6.92 Å². The van der Waals surface area contributed by atoms with Crippen LogP contribution in [0, 0.1) is 6.92 Å². The van der Waals surface area contributed by atoms with Crippen LogP contribution in [0.2, 0.25) is 0 Å². The highest BCUT2D eigenvalue weighted by Crippen LogP contribution is 2.48. The van der Waals surface area contributed by atoms with Gasteiger partial charge < -0.3 is 0 Å². The van der Waals surface area contributed by atoms with Crippen LogP contribution in [0.5, 0.6) is 0 Å². The largest absolute Gasteiger partial charge is 0.0985 e. The summed E-state index contributed by atoms with van der Waals surface area (Å²) in [6.45, 7) is 23.4. The molecule has 0 spiro atoms. The minimum Gasteiger partial charge on any atom is -0.0985 e. The zero-order chi connectivity index (χ0) is 35.2. The fourth-order valence-corrected chi connectivity index (χ4v) is 8.26. The summed E-state index contributed by atoms with van der Waals surface area (Å²) >= 11 is 0. The molecule has 0 heteroatoms. The van der Waals surface area contributed by atoms with Crippen LogP contribution in [0.15, 0.2) is 154 Å². The lowest BCUT2D eigenvalue weighted by atomic mass is 9.80. The summed E-state index contributed by atoms with van der Waals surface area (Å²) in [5.41, 5.74) is 13.5. The van der Waals surface area contributed by atoms with Crippen LogP contribution >= 0.6 is 0 Å². The van der Waals surface area contributed by atoms with E-state index in [1.807, 2.05) is 30.4 Å². The maximum absolute atomic E-state index is 4.42. The Labute approximate surface area is 300 Å². The van der Waals surface area contributed by atoms with Crippen molar-refractivity contribution in [3.8, 4) is 33.4 Å². The standard InChI is InChI=1S/C51H38/c1-7-33-30-48(36(9-3)35(8-2)32(33)6)44-28-29-47(42-24-16-15-23-41(42)44)50-37(10-4)38(11-5)51(46-27-19-18-26-45(46)50)49-31-34-20-12-13-21-39(34)40-22-14-17-25-43(40)49/h7-31H,1-5H2,6H3. The molecule has 0 saturated carbocycles. The van der Waals surface area contributed by atoms with Crippen molar-refractivity contribution in [3.05, 3.63) is 188 Å². The quantitative estimate of drug-likeness (QED) is 0.144. The normalized spacial score (nSPS) is 11.2. The molecule has 0 saturated heterocycles. The second kappa shape index (κ2) is 12.8. The van der Waals surface area contributed by atoms with E-state index in [2.05, 4.69) is 161 Å². The molecule has 0 aliphatic heterocycles. The van der Waals surface area contributed by atoms with Gasteiger partial charge in [-0.2, -0.15) is 0 Å². The molecule has 0 heterocycles. The van der Waals surface area contributed by atoms with Crippen LogP contribution in [0.25, 0.3) is 107 Å². The Balaban J connectivity index is 1.48. The summed E-state index contributed by atoms with van der Waals surface area (Å²) in [7, 11) is 0. The third kappa shape index (κ3) is 4.83. The Kier molecular flexibility index (Phi) is 7.94. The average Bonchev–Trinajstić information content (AvgIpc) is 3.19. The third-order valence-electron chi connectivity index (χ3n) is 10.6. The van der Waals surface area contributed by atoms with Gasteiger partial charge in [0.2, 0.25) is 0 Å². The highest BCUT2D eigenvalue weighted by atomic mass is 14.3. The van der Waals surface area contributed by atoms with Crippen molar-refractivity contribution in [2.75, 3.05) is 0 Å². The monoisotopic (exact) mass is 650 g/mol. The van der Waals surface area contributed by atoms with E-state index in [-0.39, 0.29) is 0 Å². The Hall–Kier alpha value is -6.50. The topological polar surface area (TPSA) is 0 Å². The van der Waals surface area contributed by atoms with Gasteiger partial charge in [0.25, 0.3) is 0 Å². The molecule has 0 fully saturated rings. The minimum absolute atomic E-state index is 1.07. The number of rotatable bonds is 8. The van der Waals surface area contributed by atoms with Crippen LogP contribution in [0.4, 0.5) is 0 Å². The maximum Gasteiger partial charge on any atom is -0.00201 e. The zero-order valence-electron chi connectivity index (χ0n) is 29.0. The van der Waals surface area contributed by atoms with E-state index < -0.39 is 0 Å². The van der Waals surface area contributed by atoms with Gasteiger partial charge in [-0.15, -0.1) is 0 Å². The van der Waals surface area contributed by atoms with E-state index in [1.54, 1.807) is 0 Å². The van der Waals surface area contributed by atoms with Gasteiger partial charge >= 0.3 is 0 Å². The van der Waals surface area contributed by atoms with Gasteiger partial charge in [-0.1, -0.05) is 172 Å². The molecule has 0 amide bonds. The fraction of sp³-hybridized carbons (Fsp3) is 0.0196. The first kappa shape index (κ1) is 31.7. The first-order valence-corrected chi connectivity index (χ1v) is 17.4. The van der Waals surface area contributed by atoms with Crippen molar-refractivity contribution in [1.82, 2.24) is 0 Å². The molecule has 0 aliphatic carbocycles. The molecular weight excluding hydrogens is 613 g/mol. The van der Waals surface area contributed by atoms with Gasteiger partial charge in [-0.05, 0) is 129 Å². The van der Waals surface area contributed by atoms with E-state index in [0.717, 1.165) is 66.4 Å². The van der Waals surface area contributed by atoms with Gasteiger partial charge in [0.1, 0.15) is 0 Å². The SMILES string of the molecule is C=Cc1cc(-c2ccc(-c3c(C=C)c(C=C)c(-c4cc5ccccc5c5ccccc45)c4ccccc34)c3ccccc23)c(C=C)c(C=C)c1C.